The van der Waals surface area contributed by atoms with Crippen LogP contribution >= 0.6 is 24.8 Å². The van der Waals surface area contributed by atoms with E-state index in [1.165, 1.54) is 18.4 Å². The van der Waals surface area contributed by atoms with Crippen LogP contribution in [0.2, 0.25) is 0 Å². The van der Waals surface area contributed by atoms with Crippen molar-refractivity contribution in [2.45, 2.75) is 25.8 Å². The molecule has 1 aromatic rings. The summed E-state index contributed by atoms with van der Waals surface area (Å²) >= 11 is 0. The molecule has 0 bridgehead atoms. The summed E-state index contributed by atoms with van der Waals surface area (Å²) in [5.41, 5.74) is 1.33. The number of nitrogens with one attached hydrogen (secondary N) is 1. The first-order chi connectivity index (χ1) is 7.42. The molecule has 1 fully saturated rings. The zero-order valence-electron chi connectivity index (χ0n) is 10.2. The van der Waals surface area contributed by atoms with Crippen LogP contribution in [0, 0.1) is 0 Å². The van der Waals surface area contributed by atoms with E-state index < -0.39 is 0 Å². The summed E-state index contributed by atoms with van der Waals surface area (Å²) in [7, 11) is 0. The van der Waals surface area contributed by atoms with Gasteiger partial charge in [-0.25, -0.2) is 0 Å². The van der Waals surface area contributed by atoms with E-state index in [9.17, 15) is 0 Å². The van der Waals surface area contributed by atoms with Gasteiger partial charge in [-0.15, -0.1) is 24.8 Å². The van der Waals surface area contributed by atoms with Crippen LogP contribution in [0.25, 0.3) is 0 Å². The second-order valence-corrected chi connectivity index (χ2v) is 4.15. The lowest BCUT2D eigenvalue weighted by atomic mass is 10.0. The van der Waals surface area contributed by atoms with Crippen molar-refractivity contribution in [3.63, 3.8) is 0 Å². The van der Waals surface area contributed by atoms with Crippen LogP contribution in [0.1, 0.15) is 31.4 Å². The Morgan fingerprint density at radius 2 is 2.06 bits per heavy atom. The molecule has 100 valence electrons. The zero-order chi connectivity index (χ0) is 10.5. The molecule has 0 aromatic carbocycles. The summed E-state index contributed by atoms with van der Waals surface area (Å²) < 4.78 is 5.19. The molecule has 2 rings (SSSR count). The summed E-state index contributed by atoms with van der Waals surface area (Å²) in [5.74, 6) is 0. The fraction of sp³-hybridized carbons (Fsp3) is 0.667. The lowest BCUT2D eigenvalue weighted by molar-refractivity contribution is 0.164. The number of rotatable bonds is 4. The molecule has 0 radical (unpaired) electrons. The number of piperazine rings is 1. The first-order valence-electron chi connectivity index (χ1n) is 5.88. The predicted molar refractivity (Wildman–Crippen MR) is 75.3 cm³/mol. The van der Waals surface area contributed by atoms with Crippen molar-refractivity contribution in [3.8, 4) is 0 Å². The lowest BCUT2D eigenvalue weighted by Gasteiger charge is -2.34. The van der Waals surface area contributed by atoms with Gasteiger partial charge < -0.3 is 9.73 Å². The topological polar surface area (TPSA) is 28.4 Å². The number of halogens is 2. The molecular weight excluding hydrogens is 259 g/mol. The monoisotopic (exact) mass is 280 g/mol. The Balaban J connectivity index is 0.00000128. The largest absolute Gasteiger partial charge is 0.472 e. The molecule has 0 amide bonds. The summed E-state index contributed by atoms with van der Waals surface area (Å²) in [6, 6.07) is 2.65. The molecule has 1 aliphatic rings. The maximum Gasteiger partial charge on any atom is 0.0950 e. The third-order valence-electron chi connectivity index (χ3n) is 3.08. The Hall–Kier alpha value is -0.220. The van der Waals surface area contributed by atoms with E-state index in [1.807, 2.05) is 6.26 Å². The molecule has 1 N–H and O–H groups in total. The standard InChI is InChI=1S/C12H20N2O.2ClH/c1-2-3-12(11-4-9-15-10-11)14-7-5-13-6-8-14;;/h4,9-10,12-13H,2-3,5-8H2,1H3;2*1H/t12-;;/m0../s1. The summed E-state index contributed by atoms with van der Waals surface area (Å²) in [6.07, 6.45) is 6.11. The van der Waals surface area contributed by atoms with Crippen molar-refractivity contribution in [2.75, 3.05) is 26.2 Å². The highest BCUT2D eigenvalue weighted by atomic mass is 35.5. The highest BCUT2D eigenvalue weighted by Gasteiger charge is 2.21. The smallest absolute Gasteiger partial charge is 0.0950 e. The van der Waals surface area contributed by atoms with Crippen molar-refractivity contribution >= 4 is 24.8 Å². The maximum atomic E-state index is 5.19. The first-order valence-corrected chi connectivity index (χ1v) is 5.88. The predicted octanol–water partition coefficient (Wildman–Crippen LogP) is 2.87. The molecule has 5 heteroatoms. The van der Waals surface area contributed by atoms with Crippen molar-refractivity contribution in [1.29, 1.82) is 0 Å². The minimum absolute atomic E-state index is 0. The van der Waals surface area contributed by atoms with Gasteiger partial charge >= 0.3 is 0 Å². The molecule has 2 heterocycles. The van der Waals surface area contributed by atoms with Crippen LogP contribution in [0.4, 0.5) is 0 Å². The Morgan fingerprint density at radius 1 is 1.35 bits per heavy atom. The summed E-state index contributed by atoms with van der Waals surface area (Å²) in [5, 5.41) is 3.39. The van der Waals surface area contributed by atoms with Crippen LogP contribution in [-0.4, -0.2) is 31.1 Å². The molecule has 1 saturated heterocycles. The number of hydrogen-bond acceptors (Lipinski definition) is 3. The van der Waals surface area contributed by atoms with Gasteiger partial charge in [-0.05, 0) is 12.5 Å². The molecule has 0 spiro atoms. The van der Waals surface area contributed by atoms with Crippen molar-refractivity contribution in [2.24, 2.45) is 0 Å². The minimum Gasteiger partial charge on any atom is -0.472 e. The fourth-order valence-electron chi connectivity index (χ4n) is 2.29. The Bertz CT molecular complexity index is 274. The second kappa shape index (κ2) is 8.81. The van der Waals surface area contributed by atoms with Crippen molar-refractivity contribution < 1.29 is 4.42 Å². The average Bonchev–Trinajstić information content (AvgIpc) is 2.80. The van der Waals surface area contributed by atoms with Crippen LogP contribution in [0.3, 0.4) is 0 Å². The third-order valence-corrected chi connectivity index (χ3v) is 3.08. The molecule has 1 aliphatic heterocycles. The second-order valence-electron chi connectivity index (χ2n) is 4.15. The first kappa shape index (κ1) is 16.8. The van der Waals surface area contributed by atoms with E-state index in [4.69, 9.17) is 4.42 Å². The lowest BCUT2D eigenvalue weighted by Crippen LogP contribution is -2.45. The van der Waals surface area contributed by atoms with Crippen LogP contribution in [-0.2, 0) is 0 Å². The molecular formula is C12H22Cl2N2O. The highest BCUT2D eigenvalue weighted by molar-refractivity contribution is 5.85. The van der Waals surface area contributed by atoms with E-state index in [0.29, 0.717) is 6.04 Å². The molecule has 17 heavy (non-hydrogen) atoms. The SMILES string of the molecule is CCC[C@@H](c1ccoc1)N1CCNCC1.Cl.Cl. The number of nitrogens with zero attached hydrogens (tertiary/aromatic N) is 1. The van der Waals surface area contributed by atoms with E-state index in [-0.39, 0.29) is 24.8 Å². The van der Waals surface area contributed by atoms with Gasteiger partial charge in [0.1, 0.15) is 0 Å². The van der Waals surface area contributed by atoms with Gasteiger partial charge in [0.25, 0.3) is 0 Å². The van der Waals surface area contributed by atoms with Crippen LogP contribution in [0.15, 0.2) is 23.0 Å². The Morgan fingerprint density at radius 3 is 2.59 bits per heavy atom. The van der Waals surface area contributed by atoms with Gasteiger partial charge in [0.05, 0.1) is 12.5 Å². The molecule has 0 saturated carbocycles. The molecule has 0 unspecified atom stereocenters. The van der Waals surface area contributed by atoms with Crippen LogP contribution in [0.5, 0.6) is 0 Å². The van der Waals surface area contributed by atoms with E-state index in [1.54, 1.807) is 6.26 Å². The quantitative estimate of drug-likeness (QED) is 0.920. The van der Waals surface area contributed by atoms with Crippen molar-refractivity contribution in [1.82, 2.24) is 10.2 Å². The fourth-order valence-corrected chi connectivity index (χ4v) is 2.29. The van der Waals surface area contributed by atoms with Crippen molar-refractivity contribution in [3.05, 3.63) is 24.2 Å². The number of furan rings is 1. The van der Waals surface area contributed by atoms with Gasteiger partial charge in [-0.2, -0.15) is 0 Å². The van der Waals surface area contributed by atoms with Crippen LogP contribution < -0.4 is 5.32 Å². The Labute approximate surface area is 116 Å². The minimum atomic E-state index is 0. The van der Waals surface area contributed by atoms with E-state index in [2.05, 4.69) is 23.2 Å². The molecule has 1 aromatic heterocycles. The normalized spacial score (nSPS) is 17.9. The van der Waals surface area contributed by atoms with E-state index in [0.717, 1.165) is 26.2 Å². The third kappa shape index (κ3) is 4.51. The Kier molecular flexibility index (Phi) is 8.70. The molecule has 1 atom stereocenters. The maximum absolute atomic E-state index is 5.19. The summed E-state index contributed by atoms with van der Waals surface area (Å²) in [4.78, 5) is 2.56. The number of hydrogen-bond donors (Lipinski definition) is 1. The molecule has 3 nitrogen and oxygen atoms in total. The summed E-state index contributed by atoms with van der Waals surface area (Å²) in [6.45, 7) is 6.76. The van der Waals surface area contributed by atoms with Gasteiger partial charge in [-0.1, -0.05) is 13.3 Å². The van der Waals surface area contributed by atoms with Gasteiger partial charge in [-0.3, -0.25) is 4.90 Å². The molecule has 0 aliphatic carbocycles. The van der Waals surface area contributed by atoms with E-state index >= 15 is 0 Å². The zero-order valence-corrected chi connectivity index (χ0v) is 11.9. The van der Waals surface area contributed by atoms with Gasteiger partial charge in [0, 0.05) is 37.8 Å². The highest BCUT2D eigenvalue weighted by Crippen LogP contribution is 2.26. The van der Waals surface area contributed by atoms with Gasteiger partial charge in [0.2, 0.25) is 0 Å². The van der Waals surface area contributed by atoms with Gasteiger partial charge in [0.15, 0.2) is 0 Å². The average molecular weight is 281 g/mol.